The highest BCUT2D eigenvalue weighted by molar-refractivity contribution is 6.32. The molecule has 0 saturated carbocycles. The van der Waals surface area contributed by atoms with E-state index in [1.807, 2.05) is 32.0 Å². The van der Waals surface area contributed by atoms with E-state index in [4.69, 9.17) is 31.0 Å². The van der Waals surface area contributed by atoms with E-state index in [2.05, 4.69) is 105 Å². The topological polar surface area (TPSA) is 57.2 Å². The summed E-state index contributed by atoms with van der Waals surface area (Å²) in [5.74, 6) is 2.62. The summed E-state index contributed by atoms with van der Waals surface area (Å²) in [7, 11) is 0. The van der Waals surface area contributed by atoms with Gasteiger partial charge in [-0.1, -0.05) is 60.1 Å². The number of benzene rings is 4. The van der Waals surface area contributed by atoms with Crippen LogP contribution < -0.4 is 19.5 Å². The Balaban J connectivity index is 1.10. The van der Waals surface area contributed by atoms with Gasteiger partial charge >= 0.3 is 0 Å². The molecule has 2 saturated heterocycles. The van der Waals surface area contributed by atoms with Crippen LogP contribution in [0.25, 0.3) is 21.8 Å². The average Bonchev–Trinajstić information content (AvgIpc) is 3.23. The van der Waals surface area contributed by atoms with Crippen molar-refractivity contribution in [3.63, 3.8) is 0 Å². The monoisotopic (exact) mass is 772 g/mol. The van der Waals surface area contributed by atoms with Crippen molar-refractivity contribution in [2.75, 3.05) is 49.4 Å². The highest BCUT2D eigenvalue weighted by atomic mass is 35.5. The van der Waals surface area contributed by atoms with E-state index in [-0.39, 0.29) is 17.9 Å². The van der Waals surface area contributed by atoms with Crippen molar-refractivity contribution in [1.29, 1.82) is 0 Å². The van der Waals surface area contributed by atoms with E-state index < -0.39 is 0 Å². The van der Waals surface area contributed by atoms with Crippen LogP contribution >= 0.6 is 11.6 Å². The minimum Gasteiger partial charge on any atom is -0.492 e. The number of hydrazine groups is 1. The molecule has 56 heavy (non-hydrogen) atoms. The zero-order valence-corrected chi connectivity index (χ0v) is 33.0. The van der Waals surface area contributed by atoms with E-state index in [0.29, 0.717) is 24.0 Å². The van der Waals surface area contributed by atoms with Crippen molar-refractivity contribution in [2.45, 2.75) is 64.7 Å². The third kappa shape index (κ3) is 8.55. The number of fused-ring (bicyclic) bond motifs is 2. The molecule has 0 N–H and O–H groups in total. The zero-order valence-electron chi connectivity index (χ0n) is 32.3. The van der Waals surface area contributed by atoms with Crippen LogP contribution in [0.5, 0.6) is 11.5 Å². The number of aromatic nitrogens is 2. The lowest BCUT2D eigenvalue weighted by atomic mass is 10.0. The summed E-state index contributed by atoms with van der Waals surface area (Å²) >= 11 is 6.43. The number of hydrogen-bond donors (Lipinski definition) is 0. The van der Waals surface area contributed by atoms with E-state index in [0.717, 1.165) is 110 Å². The molecule has 2 aliphatic heterocycles. The summed E-state index contributed by atoms with van der Waals surface area (Å²) in [6.45, 7) is 10.2. The molecule has 2 fully saturated rings. The number of nitrogens with zero attached hydrogens (tertiary/aromatic N) is 6. The molecule has 0 unspecified atom stereocenters. The second kappa shape index (κ2) is 17.5. The Labute approximate surface area is 334 Å². The van der Waals surface area contributed by atoms with Gasteiger partial charge in [0.05, 0.1) is 41.4 Å². The van der Waals surface area contributed by atoms with E-state index in [1.165, 1.54) is 11.6 Å². The summed E-state index contributed by atoms with van der Waals surface area (Å²) in [4.78, 5) is 15.7. The molecule has 6 aromatic rings. The fourth-order valence-electron chi connectivity index (χ4n) is 8.30. The van der Waals surface area contributed by atoms with Gasteiger partial charge in [0.2, 0.25) is 0 Å². The fraction of sp³-hybridized carbons (Fsp3) is 0.348. The molecule has 290 valence electrons. The van der Waals surface area contributed by atoms with Crippen LogP contribution in [-0.4, -0.2) is 71.2 Å². The molecular formula is C46H50ClFN6O2. The Morgan fingerprint density at radius 3 is 1.59 bits per heavy atom. The molecule has 0 atom stereocenters. The van der Waals surface area contributed by atoms with Crippen LogP contribution in [0, 0.1) is 5.82 Å². The van der Waals surface area contributed by atoms with Crippen molar-refractivity contribution >= 4 is 45.0 Å². The zero-order chi connectivity index (χ0) is 38.4. The van der Waals surface area contributed by atoms with Crippen LogP contribution in [-0.2, 0) is 13.1 Å². The number of halogens is 2. The van der Waals surface area contributed by atoms with Crippen molar-refractivity contribution in [3.8, 4) is 11.5 Å². The predicted octanol–water partition coefficient (Wildman–Crippen LogP) is 9.93. The average molecular weight is 773 g/mol. The quantitative estimate of drug-likeness (QED) is 0.108. The number of piperidine rings is 2. The first-order valence-electron chi connectivity index (χ1n) is 20.0. The Morgan fingerprint density at radius 2 is 1.07 bits per heavy atom. The normalized spacial score (nSPS) is 16.0. The van der Waals surface area contributed by atoms with Gasteiger partial charge in [-0.2, -0.15) is 0 Å². The lowest BCUT2D eigenvalue weighted by molar-refractivity contribution is 0.183. The number of rotatable bonds is 13. The fourth-order valence-corrected chi connectivity index (χ4v) is 8.47. The Hall–Kier alpha value is -4.96. The predicted molar refractivity (Wildman–Crippen MR) is 225 cm³/mol. The SMILES string of the molecule is CCOc1cc(CN2CCC(N(c3ccc4ccccc4n3)N(c3ccc4ccccc4n3)C3CCN(Cc4ccc(Cl)c(OCC)c4)CC3)CC2)ccc1F. The van der Waals surface area contributed by atoms with Gasteiger partial charge in [-0.3, -0.25) is 19.8 Å². The molecule has 0 spiro atoms. The first-order chi connectivity index (χ1) is 27.4. The van der Waals surface area contributed by atoms with Gasteiger partial charge in [-0.05, 0) is 111 Å². The maximum atomic E-state index is 14.4. The standard InChI is InChI=1S/C46H50ClFN6O2/c1-3-55-43-29-33(13-17-39(43)47)31-51-25-21-37(22-26-51)53(45-19-15-35-9-5-7-11-41(35)49-45)54(46-20-16-36-10-6-8-12-42(36)50-46)38-23-27-52(28-24-38)32-34-14-18-40(48)44(30-34)56-4-2/h5-20,29-30,37-38H,3-4,21-28,31-32H2,1-2H3. The van der Waals surface area contributed by atoms with Crippen LogP contribution in [0.3, 0.4) is 0 Å². The molecule has 4 heterocycles. The summed E-state index contributed by atoms with van der Waals surface area (Å²) in [6, 6.07) is 37.2. The number of likely N-dealkylation sites (tertiary alicyclic amines) is 2. The minimum absolute atomic E-state index is 0.185. The van der Waals surface area contributed by atoms with Gasteiger partial charge in [-0.15, -0.1) is 0 Å². The van der Waals surface area contributed by atoms with Crippen molar-refractivity contribution in [3.05, 3.63) is 131 Å². The van der Waals surface area contributed by atoms with Gasteiger partial charge in [0.25, 0.3) is 0 Å². The molecule has 0 aliphatic carbocycles. The third-order valence-corrected chi connectivity index (χ3v) is 11.4. The van der Waals surface area contributed by atoms with E-state index in [9.17, 15) is 4.39 Å². The summed E-state index contributed by atoms with van der Waals surface area (Å²) in [6.07, 6.45) is 3.82. The number of ether oxygens (including phenoxy) is 2. The highest BCUT2D eigenvalue weighted by Gasteiger charge is 2.36. The van der Waals surface area contributed by atoms with Crippen LogP contribution in [0.4, 0.5) is 16.0 Å². The van der Waals surface area contributed by atoms with E-state index >= 15 is 0 Å². The van der Waals surface area contributed by atoms with Crippen LogP contribution in [0.2, 0.25) is 5.02 Å². The van der Waals surface area contributed by atoms with Crippen molar-refractivity contribution in [1.82, 2.24) is 19.8 Å². The Bertz CT molecular complexity index is 2100. The molecular weight excluding hydrogens is 723 g/mol. The van der Waals surface area contributed by atoms with Gasteiger partial charge in [0.15, 0.2) is 11.6 Å². The van der Waals surface area contributed by atoms with Gasteiger partial charge < -0.3 is 9.47 Å². The number of hydrogen-bond acceptors (Lipinski definition) is 8. The maximum Gasteiger partial charge on any atom is 0.165 e. The molecule has 4 aromatic carbocycles. The van der Waals surface area contributed by atoms with Crippen molar-refractivity contribution < 1.29 is 13.9 Å². The molecule has 0 bridgehead atoms. The molecule has 10 heteroatoms. The Morgan fingerprint density at radius 1 is 0.607 bits per heavy atom. The molecule has 0 radical (unpaired) electrons. The lowest BCUT2D eigenvalue weighted by Gasteiger charge is -2.49. The first-order valence-corrected chi connectivity index (χ1v) is 20.4. The van der Waals surface area contributed by atoms with Gasteiger partial charge in [-0.25, -0.2) is 14.4 Å². The molecule has 0 amide bonds. The smallest absolute Gasteiger partial charge is 0.165 e. The summed E-state index contributed by atoms with van der Waals surface area (Å²) in [5.41, 5.74) is 4.22. The Kier molecular flexibility index (Phi) is 11.8. The number of anilines is 2. The summed E-state index contributed by atoms with van der Waals surface area (Å²) in [5, 5.41) is 7.87. The van der Waals surface area contributed by atoms with E-state index in [1.54, 1.807) is 0 Å². The van der Waals surface area contributed by atoms with Crippen molar-refractivity contribution in [2.24, 2.45) is 0 Å². The maximum absolute atomic E-state index is 14.4. The lowest BCUT2D eigenvalue weighted by Crippen LogP contribution is -2.59. The van der Waals surface area contributed by atoms with Gasteiger partial charge in [0, 0.05) is 50.0 Å². The molecule has 2 aromatic heterocycles. The second-order valence-electron chi connectivity index (χ2n) is 14.8. The largest absolute Gasteiger partial charge is 0.492 e. The van der Waals surface area contributed by atoms with Gasteiger partial charge in [0.1, 0.15) is 17.4 Å². The number of pyridine rings is 2. The molecule has 8 nitrogen and oxygen atoms in total. The van der Waals surface area contributed by atoms with Crippen LogP contribution in [0.15, 0.2) is 109 Å². The van der Waals surface area contributed by atoms with Crippen LogP contribution in [0.1, 0.15) is 50.7 Å². The highest BCUT2D eigenvalue weighted by Crippen LogP contribution is 2.35. The third-order valence-electron chi connectivity index (χ3n) is 11.1. The second-order valence-corrected chi connectivity index (χ2v) is 15.2. The summed E-state index contributed by atoms with van der Waals surface area (Å²) < 4.78 is 25.8. The first kappa shape index (κ1) is 37.9. The molecule has 8 rings (SSSR count). The minimum atomic E-state index is -0.318. The number of para-hydroxylation sites is 2. The molecule has 2 aliphatic rings.